The fraction of sp³-hybridized carbons (Fsp3) is 0.400. The van der Waals surface area contributed by atoms with E-state index in [0.717, 1.165) is 0 Å². The van der Waals surface area contributed by atoms with E-state index in [2.05, 4.69) is 4.99 Å². The van der Waals surface area contributed by atoms with Crippen LogP contribution in [0, 0.1) is 5.92 Å². The number of furan rings is 1. The smallest absolute Gasteiger partial charge is 0.289 e. The summed E-state index contributed by atoms with van der Waals surface area (Å²) < 4.78 is 6.96. The second kappa shape index (κ2) is 6.31. The molecule has 0 aromatic carbocycles. The van der Waals surface area contributed by atoms with Crippen LogP contribution in [0.1, 0.15) is 23.4 Å². The lowest BCUT2D eigenvalue weighted by molar-refractivity contribution is -0.123. The Labute approximate surface area is 131 Å². The topological polar surface area (TPSA) is 67.8 Å². The van der Waals surface area contributed by atoms with E-state index in [1.807, 2.05) is 23.2 Å². The SMILES string of the molecule is Cn1ccsc1=NC(=O)C1CCN(C(=O)c2ccco2)CC1. The van der Waals surface area contributed by atoms with Crippen LogP contribution in [0.2, 0.25) is 0 Å². The van der Waals surface area contributed by atoms with Gasteiger partial charge in [0.1, 0.15) is 0 Å². The third-order valence-electron chi connectivity index (χ3n) is 3.83. The molecule has 6 nitrogen and oxygen atoms in total. The Hall–Kier alpha value is -2.15. The number of likely N-dealkylation sites (tertiary alicyclic amines) is 1. The van der Waals surface area contributed by atoms with Crippen LogP contribution in [0.4, 0.5) is 0 Å². The van der Waals surface area contributed by atoms with Gasteiger partial charge < -0.3 is 13.9 Å². The molecule has 1 aliphatic heterocycles. The third kappa shape index (κ3) is 3.04. The lowest BCUT2D eigenvalue weighted by atomic mass is 9.96. The van der Waals surface area contributed by atoms with Crippen molar-refractivity contribution in [2.75, 3.05) is 13.1 Å². The van der Waals surface area contributed by atoms with Gasteiger partial charge >= 0.3 is 0 Å². The van der Waals surface area contributed by atoms with Crippen molar-refractivity contribution in [3.05, 3.63) is 40.5 Å². The van der Waals surface area contributed by atoms with Crippen molar-refractivity contribution in [1.29, 1.82) is 0 Å². The quantitative estimate of drug-likeness (QED) is 0.845. The molecule has 3 heterocycles. The molecule has 3 rings (SSSR count). The molecule has 2 aromatic rings. The summed E-state index contributed by atoms with van der Waals surface area (Å²) in [7, 11) is 1.87. The molecule has 0 saturated carbocycles. The maximum absolute atomic E-state index is 12.2. The number of carbonyl (C=O) groups is 2. The van der Waals surface area contributed by atoms with Crippen LogP contribution in [0.5, 0.6) is 0 Å². The van der Waals surface area contributed by atoms with E-state index in [9.17, 15) is 9.59 Å². The summed E-state index contributed by atoms with van der Waals surface area (Å²) >= 11 is 1.44. The molecule has 2 amide bonds. The zero-order chi connectivity index (χ0) is 15.5. The molecule has 0 unspecified atom stereocenters. The normalized spacial score (nSPS) is 17.0. The average molecular weight is 319 g/mol. The first kappa shape index (κ1) is 14.8. The first-order valence-electron chi connectivity index (χ1n) is 7.16. The third-order valence-corrected chi connectivity index (χ3v) is 4.68. The predicted molar refractivity (Wildman–Crippen MR) is 81.2 cm³/mol. The van der Waals surface area contributed by atoms with Crippen molar-refractivity contribution < 1.29 is 14.0 Å². The number of carbonyl (C=O) groups excluding carboxylic acids is 2. The van der Waals surface area contributed by atoms with E-state index < -0.39 is 0 Å². The summed E-state index contributed by atoms with van der Waals surface area (Å²) in [5.74, 6) is 0.0310. The van der Waals surface area contributed by atoms with Gasteiger partial charge in [0.2, 0.25) is 0 Å². The van der Waals surface area contributed by atoms with Gasteiger partial charge in [0.15, 0.2) is 10.6 Å². The van der Waals surface area contributed by atoms with Gasteiger partial charge in [-0.3, -0.25) is 9.59 Å². The van der Waals surface area contributed by atoms with E-state index >= 15 is 0 Å². The van der Waals surface area contributed by atoms with Crippen LogP contribution in [-0.2, 0) is 11.8 Å². The Bertz CT molecular complexity index is 721. The Morgan fingerprint density at radius 1 is 1.36 bits per heavy atom. The molecule has 1 saturated heterocycles. The number of nitrogens with zero attached hydrogens (tertiary/aromatic N) is 3. The Balaban J connectivity index is 1.61. The van der Waals surface area contributed by atoms with Gasteiger partial charge in [0.05, 0.1) is 6.26 Å². The Kier molecular flexibility index (Phi) is 4.24. The molecule has 22 heavy (non-hydrogen) atoms. The molecule has 0 radical (unpaired) electrons. The molecule has 0 spiro atoms. The summed E-state index contributed by atoms with van der Waals surface area (Å²) in [5.41, 5.74) is 0. The minimum absolute atomic E-state index is 0.0943. The van der Waals surface area contributed by atoms with E-state index in [-0.39, 0.29) is 17.7 Å². The van der Waals surface area contributed by atoms with Crippen molar-refractivity contribution in [3.8, 4) is 0 Å². The Morgan fingerprint density at radius 3 is 2.73 bits per heavy atom. The van der Waals surface area contributed by atoms with Crippen LogP contribution in [-0.4, -0.2) is 34.4 Å². The van der Waals surface area contributed by atoms with Crippen molar-refractivity contribution in [1.82, 2.24) is 9.47 Å². The molecule has 2 aromatic heterocycles. The highest BCUT2D eigenvalue weighted by Gasteiger charge is 2.28. The number of aromatic nitrogens is 1. The van der Waals surface area contributed by atoms with Crippen molar-refractivity contribution in [2.24, 2.45) is 18.0 Å². The summed E-state index contributed by atoms with van der Waals surface area (Å²) in [5, 5.41) is 1.90. The van der Waals surface area contributed by atoms with Crippen molar-refractivity contribution in [2.45, 2.75) is 12.8 Å². The van der Waals surface area contributed by atoms with Gasteiger partial charge in [-0.25, -0.2) is 0 Å². The fourth-order valence-corrected chi connectivity index (χ4v) is 3.24. The number of aryl methyl sites for hydroxylation is 1. The van der Waals surface area contributed by atoms with Crippen LogP contribution in [0.15, 0.2) is 39.4 Å². The van der Waals surface area contributed by atoms with E-state index in [1.54, 1.807) is 17.0 Å². The molecule has 0 atom stereocenters. The maximum Gasteiger partial charge on any atom is 0.289 e. The second-order valence-corrected chi connectivity index (χ2v) is 6.16. The summed E-state index contributed by atoms with van der Waals surface area (Å²) in [6.45, 7) is 1.12. The van der Waals surface area contributed by atoms with Gasteiger partial charge in [0.25, 0.3) is 11.8 Å². The molecule has 1 fully saturated rings. The number of piperidine rings is 1. The highest BCUT2D eigenvalue weighted by atomic mass is 32.1. The highest BCUT2D eigenvalue weighted by Crippen LogP contribution is 2.20. The predicted octanol–water partition coefficient (Wildman–Crippen LogP) is 1.66. The number of rotatable bonds is 2. The first-order valence-corrected chi connectivity index (χ1v) is 8.04. The minimum atomic E-state index is -0.113. The molecule has 116 valence electrons. The summed E-state index contributed by atoms with van der Waals surface area (Å²) in [4.78, 5) is 31.0. The number of thiazole rings is 1. The fourth-order valence-electron chi connectivity index (χ4n) is 2.51. The molecule has 7 heteroatoms. The van der Waals surface area contributed by atoms with Crippen molar-refractivity contribution in [3.63, 3.8) is 0 Å². The molecule has 0 N–H and O–H groups in total. The molecule has 0 aliphatic carbocycles. The lowest BCUT2D eigenvalue weighted by Gasteiger charge is -2.29. The zero-order valence-electron chi connectivity index (χ0n) is 12.3. The van der Waals surface area contributed by atoms with Gasteiger partial charge in [-0.05, 0) is 25.0 Å². The van der Waals surface area contributed by atoms with Crippen LogP contribution in [0.3, 0.4) is 0 Å². The number of hydrogen-bond acceptors (Lipinski definition) is 4. The van der Waals surface area contributed by atoms with Gasteiger partial charge in [-0.1, -0.05) is 0 Å². The van der Waals surface area contributed by atoms with E-state index in [0.29, 0.717) is 36.5 Å². The van der Waals surface area contributed by atoms with E-state index in [4.69, 9.17) is 4.42 Å². The monoisotopic (exact) mass is 319 g/mol. The van der Waals surface area contributed by atoms with Gasteiger partial charge in [0, 0.05) is 37.6 Å². The molecule has 0 bridgehead atoms. The maximum atomic E-state index is 12.2. The van der Waals surface area contributed by atoms with Crippen LogP contribution < -0.4 is 4.80 Å². The Morgan fingerprint density at radius 2 is 2.14 bits per heavy atom. The average Bonchev–Trinajstić information content (AvgIpc) is 3.19. The second-order valence-electron chi connectivity index (χ2n) is 5.29. The van der Waals surface area contributed by atoms with Gasteiger partial charge in [-0.2, -0.15) is 4.99 Å². The minimum Gasteiger partial charge on any atom is -0.459 e. The molecule has 1 aliphatic rings. The van der Waals surface area contributed by atoms with Crippen LogP contribution >= 0.6 is 11.3 Å². The zero-order valence-corrected chi connectivity index (χ0v) is 13.1. The van der Waals surface area contributed by atoms with Gasteiger partial charge in [-0.15, -0.1) is 11.3 Å². The largest absolute Gasteiger partial charge is 0.459 e. The molecular formula is C15H17N3O3S. The van der Waals surface area contributed by atoms with Crippen molar-refractivity contribution >= 4 is 23.2 Å². The van der Waals surface area contributed by atoms with Crippen LogP contribution in [0.25, 0.3) is 0 Å². The first-order chi connectivity index (χ1) is 10.6. The molecular weight excluding hydrogens is 302 g/mol. The summed E-state index contributed by atoms with van der Waals surface area (Å²) in [6.07, 6.45) is 4.65. The standard InChI is InChI=1S/C15H17N3O3S/c1-17-8-10-22-15(17)16-13(19)11-4-6-18(7-5-11)14(20)12-3-2-9-21-12/h2-3,8-11H,4-7H2,1H3. The highest BCUT2D eigenvalue weighted by molar-refractivity contribution is 7.07. The number of hydrogen-bond donors (Lipinski definition) is 0. The number of amides is 2. The summed E-state index contributed by atoms with van der Waals surface area (Å²) in [6, 6.07) is 3.36. The van der Waals surface area contributed by atoms with E-state index in [1.165, 1.54) is 17.6 Å². The lowest BCUT2D eigenvalue weighted by Crippen LogP contribution is -2.40.